The maximum atomic E-state index is 11.1. The molecule has 2 unspecified atom stereocenters. The van der Waals surface area contributed by atoms with Crippen molar-refractivity contribution in [3.63, 3.8) is 0 Å². The number of rotatable bonds is 4. The number of aliphatic hydroxyl groups excluding tert-OH is 1. The van der Waals surface area contributed by atoms with Gasteiger partial charge in [-0.25, -0.2) is 4.79 Å². The molecule has 12 heavy (non-hydrogen) atoms. The molecule has 0 aliphatic heterocycles. The zero-order chi connectivity index (χ0) is 9.94. The van der Waals surface area contributed by atoms with Gasteiger partial charge in [0.2, 0.25) is 0 Å². The summed E-state index contributed by atoms with van der Waals surface area (Å²) in [7, 11) is 0. The van der Waals surface area contributed by atoms with Gasteiger partial charge in [-0.2, -0.15) is 0 Å². The van der Waals surface area contributed by atoms with Crippen LogP contribution in [0.15, 0.2) is 0 Å². The molecule has 0 saturated carbocycles. The van der Waals surface area contributed by atoms with Crippen LogP contribution in [0.25, 0.3) is 0 Å². The summed E-state index contributed by atoms with van der Waals surface area (Å²) >= 11 is 0. The molecular formula is C7H13NO4. The van der Waals surface area contributed by atoms with Gasteiger partial charge in [-0.3, -0.25) is 4.79 Å². The van der Waals surface area contributed by atoms with E-state index in [2.05, 4.69) is 0 Å². The maximum absolute atomic E-state index is 11.1. The Bertz CT molecular complexity index is 200. The molecule has 0 rings (SSSR count). The van der Waals surface area contributed by atoms with E-state index in [0.29, 0.717) is 0 Å². The van der Waals surface area contributed by atoms with Crippen LogP contribution in [-0.2, 0) is 9.59 Å². The number of carbonyl (C=O) groups is 2. The topological polar surface area (TPSA) is 101 Å². The van der Waals surface area contributed by atoms with Crippen molar-refractivity contribution in [2.75, 3.05) is 0 Å². The van der Waals surface area contributed by atoms with Gasteiger partial charge < -0.3 is 15.9 Å². The zero-order valence-electron chi connectivity index (χ0n) is 7.07. The van der Waals surface area contributed by atoms with Crippen molar-refractivity contribution in [2.24, 2.45) is 5.73 Å². The molecular weight excluding hydrogens is 162 g/mol. The normalized spacial score (nSPS) is 18.0. The Balaban J connectivity index is 4.57. The average molecular weight is 175 g/mol. The fourth-order valence-electron chi connectivity index (χ4n) is 0.637. The summed E-state index contributed by atoms with van der Waals surface area (Å²) in [5, 5.41) is 17.5. The Kier molecular flexibility index (Phi) is 3.36. The summed E-state index contributed by atoms with van der Waals surface area (Å²) in [5.41, 5.74) is 3.18. The van der Waals surface area contributed by atoms with Crippen LogP contribution in [0.1, 0.15) is 20.3 Å². The van der Waals surface area contributed by atoms with Gasteiger partial charge >= 0.3 is 5.97 Å². The Morgan fingerprint density at radius 2 is 2.00 bits per heavy atom. The summed E-state index contributed by atoms with van der Waals surface area (Å²) in [6.07, 6.45) is -1.13. The fourth-order valence-corrected chi connectivity index (χ4v) is 0.637. The molecule has 0 aliphatic carbocycles. The van der Waals surface area contributed by atoms with Crippen molar-refractivity contribution in [3.05, 3.63) is 0 Å². The highest BCUT2D eigenvalue weighted by Crippen LogP contribution is 2.06. The van der Waals surface area contributed by atoms with Gasteiger partial charge in [0.1, 0.15) is 6.10 Å². The molecule has 4 N–H and O–H groups in total. The molecule has 0 heterocycles. The number of hydrogen-bond acceptors (Lipinski definition) is 4. The molecule has 0 aromatic carbocycles. The number of aliphatic hydroxyl groups is 1. The molecule has 5 nitrogen and oxygen atoms in total. The van der Waals surface area contributed by atoms with E-state index in [9.17, 15) is 9.59 Å². The highest BCUT2D eigenvalue weighted by Gasteiger charge is 2.39. The summed E-state index contributed by atoms with van der Waals surface area (Å²) in [5.74, 6) is -2.29. The first-order valence-electron chi connectivity index (χ1n) is 3.58. The Hall–Kier alpha value is -0.940. The second-order valence-corrected chi connectivity index (χ2v) is 2.80. The van der Waals surface area contributed by atoms with E-state index in [1.54, 1.807) is 6.92 Å². The number of nitrogens with two attached hydrogens (primary N) is 1. The van der Waals surface area contributed by atoms with Crippen LogP contribution in [0.5, 0.6) is 0 Å². The van der Waals surface area contributed by atoms with Gasteiger partial charge in [0.25, 0.3) is 0 Å². The zero-order valence-corrected chi connectivity index (χ0v) is 7.07. The third-order valence-electron chi connectivity index (χ3n) is 1.65. The van der Waals surface area contributed by atoms with Gasteiger partial charge in [0, 0.05) is 0 Å². The largest absolute Gasteiger partial charge is 0.480 e. The second kappa shape index (κ2) is 3.64. The van der Waals surface area contributed by atoms with E-state index < -0.39 is 23.4 Å². The Morgan fingerprint density at radius 3 is 2.25 bits per heavy atom. The monoisotopic (exact) mass is 175 g/mol. The lowest BCUT2D eigenvalue weighted by atomic mass is 9.93. The van der Waals surface area contributed by atoms with Crippen molar-refractivity contribution < 1.29 is 19.8 Å². The minimum absolute atomic E-state index is 0.166. The van der Waals surface area contributed by atoms with Crippen LogP contribution in [0, 0.1) is 0 Å². The predicted molar refractivity (Wildman–Crippen MR) is 41.5 cm³/mol. The molecule has 2 atom stereocenters. The Morgan fingerprint density at radius 1 is 1.58 bits per heavy atom. The van der Waals surface area contributed by atoms with E-state index >= 15 is 0 Å². The molecule has 0 fully saturated rings. The minimum Gasteiger partial charge on any atom is -0.480 e. The molecule has 0 radical (unpaired) electrons. The summed E-state index contributed by atoms with van der Waals surface area (Å²) in [6.45, 7) is 2.64. The number of Topliss-reactive ketones (excluding diaryl/α,β-unsaturated/α-hetero) is 1. The number of aliphatic carboxylic acids is 1. The standard InChI is InChI=1S/C7H13NO4/c1-3-4(9)5(10)7(2,8)6(11)12/h4,9H,3,8H2,1-2H3,(H,11,12). The summed E-state index contributed by atoms with van der Waals surface area (Å²) in [6, 6.07) is 0. The summed E-state index contributed by atoms with van der Waals surface area (Å²) < 4.78 is 0. The molecule has 0 saturated heterocycles. The molecule has 0 spiro atoms. The van der Waals surface area contributed by atoms with E-state index in [4.69, 9.17) is 15.9 Å². The lowest BCUT2D eigenvalue weighted by molar-refractivity contribution is -0.150. The number of carbonyl (C=O) groups excluding carboxylic acids is 1. The predicted octanol–water partition coefficient (Wildman–Crippen LogP) is -0.872. The second-order valence-electron chi connectivity index (χ2n) is 2.80. The van der Waals surface area contributed by atoms with Crippen LogP contribution in [0.2, 0.25) is 0 Å². The smallest absolute Gasteiger partial charge is 0.331 e. The lowest BCUT2D eigenvalue weighted by Gasteiger charge is -2.20. The maximum Gasteiger partial charge on any atom is 0.331 e. The SMILES string of the molecule is CCC(O)C(=O)C(C)(N)C(=O)O. The molecule has 70 valence electrons. The van der Waals surface area contributed by atoms with E-state index in [0.717, 1.165) is 6.92 Å². The molecule has 0 aromatic rings. The summed E-state index contributed by atoms with van der Waals surface area (Å²) in [4.78, 5) is 21.5. The van der Waals surface area contributed by atoms with E-state index in [-0.39, 0.29) is 6.42 Å². The van der Waals surface area contributed by atoms with E-state index in [1.807, 2.05) is 0 Å². The van der Waals surface area contributed by atoms with Crippen LogP contribution < -0.4 is 5.73 Å². The molecule has 5 heteroatoms. The first kappa shape index (κ1) is 11.1. The number of ketones is 1. The molecule has 0 bridgehead atoms. The molecule has 0 aromatic heterocycles. The molecule has 0 aliphatic rings. The van der Waals surface area contributed by atoms with Crippen molar-refractivity contribution in [1.82, 2.24) is 0 Å². The first-order valence-corrected chi connectivity index (χ1v) is 3.58. The number of carboxylic acids is 1. The minimum atomic E-state index is -1.99. The van der Waals surface area contributed by atoms with Crippen LogP contribution in [-0.4, -0.2) is 33.6 Å². The van der Waals surface area contributed by atoms with Crippen molar-refractivity contribution >= 4 is 11.8 Å². The highest BCUT2D eigenvalue weighted by molar-refractivity contribution is 6.08. The van der Waals surface area contributed by atoms with E-state index in [1.165, 1.54) is 0 Å². The number of hydrogen-bond donors (Lipinski definition) is 3. The van der Waals surface area contributed by atoms with Crippen LogP contribution in [0.4, 0.5) is 0 Å². The van der Waals surface area contributed by atoms with Gasteiger partial charge in [0.05, 0.1) is 0 Å². The van der Waals surface area contributed by atoms with Crippen LogP contribution >= 0.6 is 0 Å². The highest BCUT2D eigenvalue weighted by atomic mass is 16.4. The van der Waals surface area contributed by atoms with Crippen molar-refractivity contribution in [3.8, 4) is 0 Å². The van der Waals surface area contributed by atoms with Crippen molar-refractivity contribution in [1.29, 1.82) is 0 Å². The quantitative estimate of drug-likeness (QED) is 0.482. The third kappa shape index (κ3) is 2.02. The molecule has 0 amide bonds. The van der Waals surface area contributed by atoms with Gasteiger partial charge in [-0.15, -0.1) is 0 Å². The van der Waals surface area contributed by atoms with Gasteiger partial charge in [-0.05, 0) is 13.3 Å². The van der Waals surface area contributed by atoms with Gasteiger partial charge in [0.15, 0.2) is 11.3 Å². The van der Waals surface area contributed by atoms with Crippen LogP contribution in [0.3, 0.4) is 0 Å². The van der Waals surface area contributed by atoms with Crippen molar-refractivity contribution in [2.45, 2.75) is 31.9 Å². The Labute approximate surface area is 70.2 Å². The average Bonchev–Trinajstić information content (AvgIpc) is 2.01. The van der Waals surface area contributed by atoms with Gasteiger partial charge in [-0.1, -0.05) is 6.92 Å². The lowest BCUT2D eigenvalue weighted by Crippen LogP contribution is -2.56. The first-order chi connectivity index (χ1) is 5.34. The number of carboxylic acid groups (broad SMARTS) is 1. The fraction of sp³-hybridized carbons (Fsp3) is 0.714. The third-order valence-corrected chi connectivity index (χ3v) is 1.65.